The molecule has 0 aliphatic carbocycles. The lowest BCUT2D eigenvalue weighted by molar-refractivity contribution is -0.132. The van der Waals surface area contributed by atoms with Crippen molar-refractivity contribution in [3.63, 3.8) is 0 Å². The predicted molar refractivity (Wildman–Crippen MR) is 79.0 cm³/mol. The summed E-state index contributed by atoms with van der Waals surface area (Å²) in [6.07, 6.45) is 2.41. The summed E-state index contributed by atoms with van der Waals surface area (Å²) >= 11 is 6.04. The fraction of sp³-hybridized carbons (Fsp3) is 0.333. The second-order valence-electron chi connectivity index (χ2n) is 4.91. The van der Waals surface area contributed by atoms with Crippen LogP contribution < -0.4 is 10.6 Å². The van der Waals surface area contributed by atoms with Gasteiger partial charge in [-0.25, -0.2) is 0 Å². The summed E-state index contributed by atoms with van der Waals surface area (Å²) in [7, 11) is 0. The normalized spacial score (nSPS) is 22.4. The van der Waals surface area contributed by atoms with Crippen LogP contribution in [0.25, 0.3) is 6.08 Å². The van der Waals surface area contributed by atoms with Gasteiger partial charge in [0.15, 0.2) is 0 Å². The van der Waals surface area contributed by atoms with Gasteiger partial charge in [0.2, 0.25) is 5.91 Å². The van der Waals surface area contributed by atoms with Crippen LogP contribution in [0.4, 0.5) is 0 Å². The minimum atomic E-state index is -0.476. The zero-order chi connectivity index (χ0) is 14.7. The number of amides is 2. The third-order valence-electron chi connectivity index (χ3n) is 3.49. The van der Waals surface area contributed by atoms with Crippen LogP contribution in [0, 0.1) is 5.92 Å². The molecule has 2 amide bonds. The van der Waals surface area contributed by atoms with E-state index in [1.807, 2.05) is 26.0 Å². The third-order valence-corrected chi connectivity index (χ3v) is 3.83. The molecule has 2 atom stereocenters. The molecule has 5 heteroatoms. The molecule has 0 spiro atoms. The molecule has 4 nitrogen and oxygen atoms in total. The molecule has 0 bridgehead atoms. The lowest BCUT2D eigenvalue weighted by Gasteiger charge is -2.28. The van der Waals surface area contributed by atoms with Crippen LogP contribution in [0.5, 0.6) is 0 Å². The second kappa shape index (κ2) is 6.09. The average Bonchev–Trinajstić information content (AvgIpc) is 2.44. The molecule has 0 saturated carbocycles. The Balaban J connectivity index is 2.23. The fourth-order valence-electron chi connectivity index (χ4n) is 2.04. The van der Waals surface area contributed by atoms with Crippen LogP contribution in [-0.2, 0) is 9.59 Å². The SMILES string of the molecule is CC[C@@H](C)[C@@H]1NC(=O)/C(=C/c2ccccc2Cl)NC1=O. The Hall–Kier alpha value is -1.81. The Bertz CT molecular complexity index is 569. The molecule has 106 valence electrons. The average molecular weight is 293 g/mol. The van der Waals surface area contributed by atoms with Crippen LogP contribution in [0.15, 0.2) is 30.0 Å². The van der Waals surface area contributed by atoms with Gasteiger partial charge in [0.05, 0.1) is 0 Å². The number of carbonyl (C=O) groups is 2. The summed E-state index contributed by atoms with van der Waals surface area (Å²) in [4.78, 5) is 24.1. The van der Waals surface area contributed by atoms with Gasteiger partial charge in [0.1, 0.15) is 11.7 Å². The Morgan fingerprint density at radius 2 is 2.05 bits per heavy atom. The number of hydrogen-bond donors (Lipinski definition) is 2. The van der Waals surface area contributed by atoms with E-state index in [1.165, 1.54) is 0 Å². The summed E-state index contributed by atoms with van der Waals surface area (Å²) in [6.45, 7) is 3.92. The first-order valence-corrected chi connectivity index (χ1v) is 6.98. The molecule has 2 rings (SSSR count). The van der Waals surface area contributed by atoms with Crippen LogP contribution in [0.3, 0.4) is 0 Å². The number of benzene rings is 1. The summed E-state index contributed by atoms with van der Waals surface area (Å²) in [5, 5.41) is 5.94. The molecule has 1 aromatic carbocycles. The van der Waals surface area contributed by atoms with Crippen molar-refractivity contribution < 1.29 is 9.59 Å². The molecular weight excluding hydrogens is 276 g/mol. The van der Waals surface area contributed by atoms with Gasteiger partial charge in [-0.2, -0.15) is 0 Å². The molecule has 20 heavy (non-hydrogen) atoms. The number of nitrogens with one attached hydrogen (secondary N) is 2. The van der Waals surface area contributed by atoms with Crippen molar-refractivity contribution in [2.75, 3.05) is 0 Å². The van der Waals surface area contributed by atoms with Gasteiger partial charge < -0.3 is 10.6 Å². The van der Waals surface area contributed by atoms with Gasteiger partial charge in [-0.1, -0.05) is 50.1 Å². The first-order valence-electron chi connectivity index (χ1n) is 6.61. The summed E-state index contributed by atoms with van der Waals surface area (Å²) in [6, 6.07) is 6.68. The molecule has 0 radical (unpaired) electrons. The minimum absolute atomic E-state index is 0.0980. The highest BCUT2D eigenvalue weighted by Crippen LogP contribution is 2.19. The highest BCUT2D eigenvalue weighted by molar-refractivity contribution is 6.32. The smallest absolute Gasteiger partial charge is 0.268 e. The van der Waals surface area contributed by atoms with Crippen molar-refractivity contribution >= 4 is 29.5 Å². The van der Waals surface area contributed by atoms with E-state index in [-0.39, 0.29) is 23.4 Å². The predicted octanol–water partition coefficient (Wildman–Crippen LogP) is 2.34. The second-order valence-corrected chi connectivity index (χ2v) is 5.31. The zero-order valence-electron chi connectivity index (χ0n) is 11.4. The van der Waals surface area contributed by atoms with E-state index < -0.39 is 6.04 Å². The molecule has 2 N–H and O–H groups in total. The van der Waals surface area contributed by atoms with Gasteiger partial charge in [-0.05, 0) is 23.6 Å². The van der Waals surface area contributed by atoms with Gasteiger partial charge in [0.25, 0.3) is 5.91 Å². The molecule has 1 aromatic rings. The van der Waals surface area contributed by atoms with Gasteiger partial charge in [0, 0.05) is 5.02 Å². The topological polar surface area (TPSA) is 58.2 Å². The zero-order valence-corrected chi connectivity index (χ0v) is 12.2. The maximum atomic E-state index is 12.0. The van der Waals surface area contributed by atoms with E-state index in [9.17, 15) is 9.59 Å². The summed E-state index contributed by atoms with van der Waals surface area (Å²) in [5.41, 5.74) is 0.921. The van der Waals surface area contributed by atoms with E-state index in [2.05, 4.69) is 10.6 Å². The van der Waals surface area contributed by atoms with E-state index in [4.69, 9.17) is 11.6 Å². The van der Waals surface area contributed by atoms with Crippen LogP contribution in [0.2, 0.25) is 5.02 Å². The Morgan fingerprint density at radius 3 is 2.70 bits per heavy atom. The lowest BCUT2D eigenvalue weighted by atomic mass is 9.96. The Kier molecular flexibility index (Phi) is 4.45. The molecule has 1 fully saturated rings. The maximum Gasteiger partial charge on any atom is 0.268 e. The minimum Gasteiger partial charge on any atom is -0.339 e. The fourth-order valence-corrected chi connectivity index (χ4v) is 2.23. The molecule has 1 saturated heterocycles. The molecular formula is C15H17ClN2O2. The van der Waals surface area contributed by atoms with E-state index in [0.29, 0.717) is 10.6 Å². The van der Waals surface area contributed by atoms with Crippen LogP contribution in [0.1, 0.15) is 25.8 Å². The molecule has 1 heterocycles. The molecule has 0 aromatic heterocycles. The maximum absolute atomic E-state index is 12.0. The van der Waals surface area contributed by atoms with Crippen molar-refractivity contribution in [1.82, 2.24) is 10.6 Å². The van der Waals surface area contributed by atoms with E-state index in [1.54, 1.807) is 18.2 Å². The number of rotatable bonds is 3. The number of halogens is 1. The van der Waals surface area contributed by atoms with Crippen molar-refractivity contribution in [3.05, 3.63) is 40.5 Å². The van der Waals surface area contributed by atoms with E-state index >= 15 is 0 Å². The van der Waals surface area contributed by atoms with Crippen molar-refractivity contribution in [2.45, 2.75) is 26.3 Å². The number of piperazine rings is 1. The molecule has 1 aliphatic rings. The van der Waals surface area contributed by atoms with Gasteiger partial charge >= 0.3 is 0 Å². The van der Waals surface area contributed by atoms with Crippen molar-refractivity contribution in [3.8, 4) is 0 Å². The Morgan fingerprint density at radius 1 is 1.35 bits per heavy atom. The first-order chi connectivity index (χ1) is 9.52. The highest BCUT2D eigenvalue weighted by Gasteiger charge is 2.32. The lowest BCUT2D eigenvalue weighted by Crippen LogP contribution is -2.57. The van der Waals surface area contributed by atoms with Crippen LogP contribution >= 0.6 is 11.6 Å². The molecule has 0 unspecified atom stereocenters. The summed E-state index contributed by atoms with van der Waals surface area (Å²) in [5.74, 6) is -0.368. The van der Waals surface area contributed by atoms with Crippen LogP contribution in [-0.4, -0.2) is 17.9 Å². The van der Waals surface area contributed by atoms with Crippen molar-refractivity contribution in [2.24, 2.45) is 5.92 Å². The first kappa shape index (κ1) is 14.6. The monoisotopic (exact) mass is 292 g/mol. The third kappa shape index (κ3) is 3.02. The summed E-state index contributed by atoms with van der Waals surface area (Å²) < 4.78 is 0. The van der Waals surface area contributed by atoms with E-state index in [0.717, 1.165) is 6.42 Å². The quantitative estimate of drug-likeness (QED) is 0.840. The van der Waals surface area contributed by atoms with Gasteiger partial charge in [-0.15, -0.1) is 0 Å². The number of hydrogen-bond acceptors (Lipinski definition) is 2. The number of carbonyl (C=O) groups excluding carboxylic acids is 2. The Labute approximate surface area is 123 Å². The largest absolute Gasteiger partial charge is 0.339 e. The van der Waals surface area contributed by atoms with Gasteiger partial charge in [-0.3, -0.25) is 9.59 Å². The highest BCUT2D eigenvalue weighted by atomic mass is 35.5. The molecule has 1 aliphatic heterocycles. The standard InChI is InChI=1S/C15H17ClN2O2/c1-3-9(2)13-15(20)17-12(14(19)18-13)8-10-6-4-5-7-11(10)16/h4-9,13H,3H2,1-2H3,(H,17,20)(H,18,19)/b12-8-/t9-,13+/m1/s1. The van der Waals surface area contributed by atoms with Crippen molar-refractivity contribution in [1.29, 1.82) is 0 Å².